The number of hydrogen-bond donors (Lipinski definition) is 5. The van der Waals surface area contributed by atoms with E-state index in [2.05, 4.69) is 30.9 Å². The Morgan fingerprint density at radius 1 is 1.14 bits per heavy atom. The molecule has 9 heteroatoms. The summed E-state index contributed by atoms with van der Waals surface area (Å²) >= 11 is 0. The van der Waals surface area contributed by atoms with E-state index in [0.717, 1.165) is 53.7 Å². The molecule has 5 rings (SSSR count). The molecule has 0 spiro atoms. The molecule has 4 aromatic rings. The molecule has 0 saturated heterocycles. The Morgan fingerprint density at radius 3 is 2.86 bits per heavy atom. The lowest BCUT2D eigenvalue weighted by molar-refractivity contribution is 0.126. The van der Waals surface area contributed by atoms with Crippen LogP contribution in [-0.2, 0) is 0 Å². The Morgan fingerprint density at radius 2 is 2.00 bits per heavy atom. The lowest BCUT2D eigenvalue weighted by Crippen LogP contribution is -2.29. The second-order valence-electron chi connectivity index (χ2n) is 7.26. The van der Waals surface area contributed by atoms with E-state index in [9.17, 15) is 5.11 Å². The molecule has 1 fully saturated rings. The standard InChI is InChI=1S/C19H22N8O/c20-18-14-9-6-12(10-15(14)24-25-18)22-19-23-17-3-1-2-16(27(17)26-19)21-11-4-7-13(28)8-5-11/h1-3,6,9-11,13,21,28H,4-5,7-8H2,(H,22,26)(H3,20,24,25)/t11-,13+. The number of rotatable bonds is 4. The van der Waals surface area contributed by atoms with Gasteiger partial charge in [0.2, 0.25) is 5.95 Å². The highest BCUT2D eigenvalue weighted by Crippen LogP contribution is 2.25. The van der Waals surface area contributed by atoms with Gasteiger partial charge in [0.1, 0.15) is 5.82 Å². The minimum atomic E-state index is -0.168. The van der Waals surface area contributed by atoms with Gasteiger partial charge in [0.05, 0.1) is 11.6 Å². The van der Waals surface area contributed by atoms with E-state index in [0.29, 0.717) is 17.8 Å². The molecule has 0 aliphatic heterocycles. The van der Waals surface area contributed by atoms with Gasteiger partial charge >= 0.3 is 0 Å². The van der Waals surface area contributed by atoms with E-state index in [1.54, 1.807) is 4.52 Å². The predicted molar refractivity (Wildman–Crippen MR) is 109 cm³/mol. The highest BCUT2D eigenvalue weighted by Gasteiger charge is 2.20. The molecule has 0 bridgehead atoms. The van der Waals surface area contributed by atoms with Gasteiger partial charge in [0.25, 0.3) is 0 Å². The summed E-state index contributed by atoms with van der Waals surface area (Å²) in [7, 11) is 0. The van der Waals surface area contributed by atoms with Crippen LogP contribution in [0.1, 0.15) is 25.7 Å². The van der Waals surface area contributed by atoms with Crippen LogP contribution >= 0.6 is 0 Å². The number of aliphatic hydroxyl groups is 1. The number of nitrogen functional groups attached to an aromatic ring is 1. The molecule has 1 aliphatic rings. The van der Waals surface area contributed by atoms with Crippen LogP contribution in [0.25, 0.3) is 16.6 Å². The molecular formula is C19H22N8O. The Labute approximate surface area is 161 Å². The normalized spacial score (nSPS) is 19.9. The summed E-state index contributed by atoms with van der Waals surface area (Å²) in [5.74, 6) is 1.90. The van der Waals surface area contributed by atoms with Gasteiger partial charge in [-0.2, -0.15) is 14.6 Å². The van der Waals surface area contributed by atoms with Gasteiger partial charge < -0.3 is 21.5 Å². The number of aromatic nitrogens is 5. The number of pyridine rings is 1. The van der Waals surface area contributed by atoms with Crippen molar-refractivity contribution in [1.29, 1.82) is 0 Å². The maximum absolute atomic E-state index is 9.70. The van der Waals surface area contributed by atoms with Crippen molar-refractivity contribution in [2.24, 2.45) is 0 Å². The van der Waals surface area contributed by atoms with Crippen molar-refractivity contribution in [3.8, 4) is 0 Å². The molecule has 9 nitrogen and oxygen atoms in total. The van der Waals surface area contributed by atoms with E-state index in [1.807, 2.05) is 36.4 Å². The van der Waals surface area contributed by atoms with Crippen molar-refractivity contribution < 1.29 is 5.11 Å². The third-order valence-corrected chi connectivity index (χ3v) is 5.26. The molecule has 1 aromatic carbocycles. The smallest absolute Gasteiger partial charge is 0.247 e. The minimum absolute atomic E-state index is 0.168. The molecule has 0 radical (unpaired) electrons. The average Bonchev–Trinajstić information content (AvgIpc) is 3.27. The zero-order valence-corrected chi connectivity index (χ0v) is 15.3. The van der Waals surface area contributed by atoms with E-state index in [4.69, 9.17) is 5.73 Å². The number of aliphatic hydroxyl groups excluding tert-OH is 1. The third-order valence-electron chi connectivity index (χ3n) is 5.26. The van der Waals surface area contributed by atoms with Crippen LogP contribution in [-0.4, -0.2) is 42.0 Å². The van der Waals surface area contributed by atoms with E-state index in [-0.39, 0.29) is 6.10 Å². The number of fused-ring (bicyclic) bond motifs is 2. The topological polar surface area (TPSA) is 129 Å². The third kappa shape index (κ3) is 3.09. The number of nitrogens with one attached hydrogen (secondary N) is 3. The second-order valence-corrected chi connectivity index (χ2v) is 7.26. The molecule has 1 aliphatic carbocycles. The van der Waals surface area contributed by atoms with Gasteiger partial charge in [-0.1, -0.05) is 6.07 Å². The first-order valence-electron chi connectivity index (χ1n) is 9.47. The number of H-pyrrole nitrogens is 1. The van der Waals surface area contributed by atoms with Gasteiger partial charge in [0, 0.05) is 17.1 Å². The maximum Gasteiger partial charge on any atom is 0.247 e. The van der Waals surface area contributed by atoms with Crippen molar-refractivity contribution in [1.82, 2.24) is 24.8 Å². The van der Waals surface area contributed by atoms with Crippen LogP contribution in [0, 0.1) is 0 Å². The SMILES string of the molecule is Nc1n[nH]c2cc(Nc3nc4cccc(N[C@H]5CC[C@@H](O)CC5)n4n3)ccc12. The summed E-state index contributed by atoms with van der Waals surface area (Å²) in [5.41, 5.74) is 8.28. The van der Waals surface area contributed by atoms with Crippen molar-refractivity contribution in [2.45, 2.75) is 37.8 Å². The second kappa shape index (κ2) is 6.68. The van der Waals surface area contributed by atoms with Gasteiger partial charge in [-0.3, -0.25) is 5.10 Å². The lowest BCUT2D eigenvalue weighted by Gasteiger charge is -2.26. The van der Waals surface area contributed by atoms with Crippen molar-refractivity contribution in [3.63, 3.8) is 0 Å². The molecule has 3 aromatic heterocycles. The Bertz CT molecular complexity index is 1130. The fourth-order valence-electron chi connectivity index (χ4n) is 3.74. The molecule has 144 valence electrons. The zero-order chi connectivity index (χ0) is 19.1. The lowest BCUT2D eigenvalue weighted by atomic mass is 9.93. The van der Waals surface area contributed by atoms with Crippen molar-refractivity contribution >= 4 is 39.8 Å². The fraction of sp³-hybridized carbons (Fsp3) is 0.316. The zero-order valence-electron chi connectivity index (χ0n) is 15.3. The van der Waals surface area contributed by atoms with Gasteiger partial charge in [-0.05, 0) is 56.0 Å². The quantitative estimate of drug-likeness (QED) is 0.369. The van der Waals surface area contributed by atoms with Gasteiger partial charge in [0.15, 0.2) is 11.5 Å². The molecule has 1 saturated carbocycles. The molecule has 3 heterocycles. The molecular weight excluding hydrogens is 356 g/mol. The van der Waals surface area contributed by atoms with Gasteiger partial charge in [-0.15, -0.1) is 5.10 Å². The number of nitrogens with two attached hydrogens (primary N) is 1. The summed E-state index contributed by atoms with van der Waals surface area (Å²) in [5, 5.41) is 28.9. The first-order chi connectivity index (χ1) is 13.7. The summed E-state index contributed by atoms with van der Waals surface area (Å²) in [6, 6.07) is 12.0. The van der Waals surface area contributed by atoms with Crippen LogP contribution in [0.3, 0.4) is 0 Å². The van der Waals surface area contributed by atoms with Crippen LogP contribution in [0.15, 0.2) is 36.4 Å². The fourth-order valence-corrected chi connectivity index (χ4v) is 3.74. The molecule has 0 amide bonds. The molecule has 6 N–H and O–H groups in total. The van der Waals surface area contributed by atoms with Crippen molar-refractivity contribution in [3.05, 3.63) is 36.4 Å². The predicted octanol–water partition coefficient (Wildman–Crippen LogP) is 2.65. The number of nitrogens with zero attached hydrogens (tertiary/aromatic N) is 4. The summed E-state index contributed by atoms with van der Waals surface area (Å²) in [4.78, 5) is 4.57. The molecule has 0 unspecified atom stereocenters. The summed E-state index contributed by atoms with van der Waals surface area (Å²) < 4.78 is 1.81. The van der Waals surface area contributed by atoms with E-state index in [1.165, 1.54) is 0 Å². The van der Waals surface area contributed by atoms with Crippen LogP contribution in [0.2, 0.25) is 0 Å². The largest absolute Gasteiger partial charge is 0.393 e. The van der Waals surface area contributed by atoms with Crippen molar-refractivity contribution in [2.75, 3.05) is 16.4 Å². The number of benzene rings is 1. The Balaban J connectivity index is 1.39. The summed E-state index contributed by atoms with van der Waals surface area (Å²) in [6.45, 7) is 0. The van der Waals surface area contributed by atoms with Crippen LogP contribution < -0.4 is 16.4 Å². The average molecular weight is 378 g/mol. The first-order valence-corrected chi connectivity index (χ1v) is 9.47. The van der Waals surface area contributed by atoms with E-state index < -0.39 is 0 Å². The highest BCUT2D eigenvalue weighted by atomic mass is 16.3. The van der Waals surface area contributed by atoms with Crippen LogP contribution in [0.4, 0.5) is 23.3 Å². The number of aromatic amines is 1. The summed E-state index contributed by atoms with van der Waals surface area (Å²) in [6.07, 6.45) is 3.39. The van der Waals surface area contributed by atoms with Gasteiger partial charge in [-0.25, -0.2) is 0 Å². The number of anilines is 4. The molecule has 0 atom stereocenters. The van der Waals surface area contributed by atoms with E-state index >= 15 is 0 Å². The minimum Gasteiger partial charge on any atom is -0.393 e. The number of hydrogen-bond acceptors (Lipinski definition) is 7. The first kappa shape index (κ1) is 16.8. The molecule has 28 heavy (non-hydrogen) atoms. The highest BCUT2D eigenvalue weighted by molar-refractivity contribution is 5.91. The Kier molecular flexibility index (Phi) is 4.01. The Hall–Kier alpha value is -3.33. The maximum atomic E-state index is 9.70. The van der Waals surface area contributed by atoms with Crippen LogP contribution in [0.5, 0.6) is 0 Å². The monoisotopic (exact) mass is 378 g/mol.